The lowest BCUT2D eigenvalue weighted by Crippen LogP contribution is -2.51. The van der Waals surface area contributed by atoms with Crippen molar-refractivity contribution < 1.29 is 13.2 Å². The molecule has 1 aromatic rings. The Morgan fingerprint density at radius 3 is 2.28 bits per heavy atom. The van der Waals surface area contributed by atoms with Crippen LogP contribution in [0, 0.1) is 0 Å². The number of benzene rings is 1. The Kier molecular flexibility index (Phi) is 8.81. The van der Waals surface area contributed by atoms with E-state index in [1.807, 2.05) is 72.7 Å². The molecule has 8 heteroatoms. The Bertz CT molecular complexity index is 786. The molecule has 0 bridgehead atoms. The van der Waals surface area contributed by atoms with Gasteiger partial charge in [-0.25, -0.2) is 13.2 Å². The second kappa shape index (κ2) is 10.2. The molecule has 0 saturated heterocycles. The maximum absolute atomic E-state index is 12.9. The predicted molar refractivity (Wildman–Crippen MR) is 122 cm³/mol. The molecular weight excluding hydrogens is 388 g/mol. The molecule has 0 fully saturated rings. The third-order valence-corrected chi connectivity index (χ3v) is 6.01. The van der Waals surface area contributed by atoms with Gasteiger partial charge in [-0.1, -0.05) is 13.8 Å². The Morgan fingerprint density at radius 2 is 1.79 bits per heavy atom. The van der Waals surface area contributed by atoms with Gasteiger partial charge in [0, 0.05) is 43.6 Å². The fraction of sp³-hybridized carbons (Fsp3) is 0.667. The number of rotatable bonds is 9. The molecule has 7 nitrogen and oxygen atoms in total. The van der Waals surface area contributed by atoms with Gasteiger partial charge in [0.2, 0.25) is 10.0 Å². The first-order valence-corrected chi connectivity index (χ1v) is 11.8. The standard InChI is InChI=1S/C21H38N4O3S/c1-9-13-29(27,28)23-18-11-12-19(24(7)8)17(14-18)15-25(16(3)10-2)20(26)22-21(4,5)6/h11-12,14,16,23H,9-10,13,15H2,1-8H3,(H,22,26)/t16-/m1/s1. The van der Waals surface area contributed by atoms with Crippen molar-refractivity contribution >= 4 is 27.4 Å². The van der Waals surface area contributed by atoms with E-state index in [-0.39, 0.29) is 23.4 Å². The summed E-state index contributed by atoms with van der Waals surface area (Å²) in [7, 11) is 0.485. The highest BCUT2D eigenvalue weighted by Gasteiger charge is 2.24. The molecule has 1 rings (SSSR count). The lowest BCUT2D eigenvalue weighted by molar-refractivity contribution is 0.165. The fourth-order valence-corrected chi connectivity index (χ4v) is 4.06. The molecule has 29 heavy (non-hydrogen) atoms. The number of nitrogens with one attached hydrogen (secondary N) is 2. The SMILES string of the molecule is CCCS(=O)(=O)Nc1ccc(N(C)C)c(CN(C(=O)NC(C)(C)C)[C@H](C)CC)c1. The van der Waals surface area contributed by atoms with E-state index in [0.29, 0.717) is 18.7 Å². The lowest BCUT2D eigenvalue weighted by Gasteiger charge is -2.33. The van der Waals surface area contributed by atoms with Gasteiger partial charge in [-0.2, -0.15) is 0 Å². The molecule has 0 aliphatic heterocycles. The predicted octanol–water partition coefficient (Wildman–Crippen LogP) is 4.01. The number of sulfonamides is 1. The van der Waals surface area contributed by atoms with Crippen LogP contribution in [0.15, 0.2) is 18.2 Å². The van der Waals surface area contributed by atoms with E-state index >= 15 is 0 Å². The molecule has 0 spiro atoms. The van der Waals surface area contributed by atoms with Crippen LogP contribution >= 0.6 is 0 Å². The van der Waals surface area contributed by atoms with Gasteiger partial charge in [0.25, 0.3) is 0 Å². The molecule has 1 aromatic carbocycles. The van der Waals surface area contributed by atoms with E-state index in [4.69, 9.17) is 0 Å². The van der Waals surface area contributed by atoms with E-state index in [0.717, 1.165) is 17.7 Å². The highest BCUT2D eigenvalue weighted by atomic mass is 32.2. The van der Waals surface area contributed by atoms with Gasteiger partial charge in [0.05, 0.1) is 5.75 Å². The van der Waals surface area contributed by atoms with Crippen LogP contribution in [0.2, 0.25) is 0 Å². The summed E-state index contributed by atoms with van der Waals surface area (Å²) in [6.07, 6.45) is 1.37. The molecule has 0 saturated carbocycles. The van der Waals surface area contributed by atoms with Gasteiger partial charge >= 0.3 is 6.03 Å². The highest BCUT2D eigenvalue weighted by molar-refractivity contribution is 7.92. The van der Waals surface area contributed by atoms with E-state index < -0.39 is 10.0 Å². The van der Waals surface area contributed by atoms with E-state index in [1.165, 1.54) is 0 Å². The third kappa shape index (κ3) is 8.12. The average molecular weight is 427 g/mol. The molecule has 0 aliphatic carbocycles. The summed E-state index contributed by atoms with van der Waals surface area (Å²) in [5.41, 5.74) is 2.00. The van der Waals surface area contributed by atoms with Crippen molar-refractivity contribution in [2.24, 2.45) is 0 Å². The van der Waals surface area contributed by atoms with Crippen molar-refractivity contribution in [2.75, 3.05) is 29.5 Å². The average Bonchev–Trinajstić information content (AvgIpc) is 2.56. The topological polar surface area (TPSA) is 81.8 Å². The molecule has 0 aromatic heterocycles. The quantitative estimate of drug-likeness (QED) is 0.625. The Balaban J connectivity index is 3.28. The van der Waals surface area contributed by atoms with E-state index in [1.54, 1.807) is 11.0 Å². The Labute approximate surface area is 176 Å². The van der Waals surface area contributed by atoms with E-state index in [9.17, 15) is 13.2 Å². The van der Waals surface area contributed by atoms with Gasteiger partial charge in [-0.15, -0.1) is 0 Å². The number of urea groups is 1. The first-order valence-electron chi connectivity index (χ1n) is 10.2. The van der Waals surface area contributed by atoms with Crippen molar-refractivity contribution in [3.63, 3.8) is 0 Å². The number of anilines is 2. The van der Waals surface area contributed by atoms with Crippen molar-refractivity contribution in [3.8, 4) is 0 Å². The van der Waals surface area contributed by atoms with Crippen molar-refractivity contribution in [2.45, 2.75) is 72.5 Å². The summed E-state index contributed by atoms with van der Waals surface area (Å²) in [5, 5.41) is 3.03. The Hall–Kier alpha value is -1.96. The van der Waals surface area contributed by atoms with Crippen LogP contribution in [-0.4, -0.2) is 50.8 Å². The molecule has 2 N–H and O–H groups in total. The van der Waals surface area contributed by atoms with Gasteiger partial charge < -0.3 is 15.1 Å². The number of amides is 2. The molecule has 166 valence electrons. The van der Waals surface area contributed by atoms with Gasteiger partial charge in [0.15, 0.2) is 0 Å². The van der Waals surface area contributed by atoms with Gasteiger partial charge in [-0.3, -0.25) is 4.72 Å². The van der Waals surface area contributed by atoms with Crippen LogP contribution in [-0.2, 0) is 16.6 Å². The minimum Gasteiger partial charge on any atom is -0.377 e. The highest BCUT2D eigenvalue weighted by Crippen LogP contribution is 2.26. The van der Waals surface area contributed by atoms with Crippen molar-refractivity contribution in [1.29, 1.82) is 0 Å². The Morgan fingerprint density at radius 1 is 1.17 bits per heavy atom. The molecule has 2 amide bonds. The van der Waals surface area contributed by atoms with Crippen LogP contribution in [0.4, 0.5) is 16.2 Å². The molecule has 0 heterocycles. The molecule has 0 radical (unpaired) electrons. The zero-order valence-electron chi connectivity index (χ0n) is 19.2. The smallest absolute Gasteiger partial charge is 0.318 e. The van der Waals surface area contributed by atoms with Crippen LogP contribution in [0.25, 0.3) is 0 Å². The monoisotopic (exact) mass is 426 g/mol. The minimum absolute atomic E-state index is 0.0350. The van der Waals surface area contributed by atoms with Crippen LogP contribution in [0.5, 0.6) is 0 Å². The summed E-state index contributed by atoms with van der Waals surface area (Å²) in [6.45, 7) is 12.1. The van der Waals surface area contributed by atoms with E-state index in [2.05, 4.69) is 10.0 Å². The van der Waals surface area contributed by atoms with Crippen LogP contribution < -0.4 is 14.9 Å². The second-order valence-corrected chi connectivity index (χ2v) is 10.6. The third-order valence-electron chi connectivity index (χ3n) is 4.51. The largest absolute Gasteiger partial charge is 0.377 e. The lowest BCUT2D eigenvalue weighted by atomic mass is 10.1. The van der Waals surface area contributed by atoms with Crippen molar-refractivity contribution in [1.82, 2.24) is 10.2 Å². The molecule has 1 atom stereocenters. The normalized spacial score (nSPS) is 13.0. The van der Waals surface area contributed by atoms with Crippen LogP contribution in [0.1, 0.15) is 59.9 Å². The summed E-state index contributed by atoms with van der Waals surface area (Å²) in [6, 6.07) is 5.37. The number of carbonyl (C=O) groups excluding carboxylic acids is 1. The minimum atomic E-state index is -3.38. The number of carbonyl (C=O) groups is 1. The fourth-order valence-electron chi connectivity index (χ4n) is 2.94. The molecule has 0 unspecified atom stereocenters. The first-order chi connectivity index (χ1) is 13.3. The summed E-state index contributed by atoms with van der Waals surface area (Å²) in [5.74, 6) is 0.0742. The van der Waals surface area contributed by atoms with Gasteiger partial charge in [0.1, 0.15) is 0 Å². The zero-order valence-corrected chi connectivity index (χ0v) is 20.0. The second-order valence-electron chi connectivity index (χ2n) is 8.72. The number of hydrogen-bond acceptors (Lipinski definition) is 4. The maximum atomic E-state index is 12.9. The summed E-state index contributed by atoms with van der Waals surface area (Å²) >= 11 is 0. The number of nitrogens with zero attached hydrogens (tertiary/aromatic N) is 2. The number of hydrogen-bond donors (Lipinski definition) is 2. The summed E-state index contributed by atoms with van der Waals surface area (Å²) < 4.78 is 27.0. The molecule has 0 aliphatic rings. The zero-order chi connectivity index (χ0) is 22.4. The first kappa shape index (κ1) is 25.1. The van der Waals surface area contributed by atoms with Crippen molar-refractivity contribution in [3.05, 3.63) is 23.8 Å². The summed E-state index contributed by atoms with van der Waals surface area (Å²) in [4.78, 5) is 16.7. The molecular formula is C21H38N4O3S. The van der Waals surface area contributed by atoms with Crippen LogP contribution in [0.3, 0.4) is 0 Å². The van der Waals surface area contributed by atoms with Gasteiger partial charge in [-0.05, 0) is 64.3 Å². The maximum Gasteiger partial charge on any atom is 0.318 e.